The minimum atomic E-state index is -0.626. The minimum absolute atomic E-state index is 0.552. The van der Waals surface area contributed by atoms with Crippen molar-refractivity contribution in [2.75, 3.05) is 0 Å². The van der Waals surface area contributed by atoms with Crippen LogP contribution in [0.2, 0.25) is 0 Å². The molecular weight excluding hydrogens is 176 g/mol. The van der Waals surface area contributed by atoms with Crippen LogP contribution in [0.25, 0.3) is 0 Å². The summed E-state index contributed by atoms with van der Waals surface area (Å²) < 4.78 is 0. The number of carbonyl (C=O) groups excluding carboxylic acids is 1. The van der Waals surface area contributed by atoms with Crippen molar-refractivity contribution in [3.63, 3.8) is 0 Å². The Labute approximate surface area is 75.5 Å². The number of hydrogen-bond acceptors (Lipinski definition) is 1. The number of hydrogen-bond donors (Lipinski definition) is 2. The van der Waals surface area contributed by atoms with E-state index in [4.69, 9.17) is 17.3 Å². The SMILES string of the molecule is NC(=O)NC(Cl)c1ccccc1. The molecule has 0 fully saturated rings. The van der Waals surface area contributed by atoms with Crippen molar-refractivity contribution < 1.29 is 4.79 Å². The van der Waals surface area contributed by atoms with Crippen molar-refractivity contribution in [2.45, 2.75) is 5.50 Å². The van der Waals surface area contributed by atoms with E-state index in [0.717, 1.165) is 5.56 Å². The second kappa shape index (κ2) is 3.97. The van der Waals surface area contributed by atoms with E-state index >= 15 is 0 Å². The zero-order valence-corrected chi connectivity index (χ0v) is 7.08. The Morgan fingerprint density at radius 1 is 1.42 bits per heavy atom. The predicted molar refractivity (Wildman–Crippen MR) is 47.8 cm³/mol. The number of nitrogens with two attached hydrogens (primary N) is 1. The normalized spacial score (nSPS) is 12.1. The first kappa shape index (κ1) is 8.87. The molecule has 1 aromatic rings. The quantitative estimate of drug-likeness (QED) is 0.532. The molecule has 4 heteroatoms. The summed E-state index contributed by atoms with van der Waals surface area (Å²) in [5, 5.41) is 2.36. The van der Waals surface area contributed by atoms with E-state index in [1.807, 2.05) is 30.3 Å². The van der Waals surface area contributed by atoms with Gasteiger partial charge in [0.05, 0.1) is 0 Å². The Morgan fingerprint density at radius 2 is 2.00 bits per heavy atom. The fraction of sp³-hybridized carbons (Fsp3) is 0.125. The maximum atomic E-state index is 10.4. The zero-order valence-electron chi connectivity index (χ0n) is 6.33. The molecule has 1 unspecified atom stereocenters. The van der Waals surface area contributed by atoms with Crippen LogP contribution in [0.3, 0.4) is 0 Å². The third-order valence-electron chi connectivity index (χ3n) is 1.36. The summed E-state index contributed by atoms with van der Waals surface area (Å²) in [6, 6.07) is 8.55. The average molecular weight is 185 g/mol. The van der Waals surface area contributed by atoms with Crippen LogP contribution < -0.4 is 11.1 Å². The largest absolute Gasteiger partial charge is 0.352 e. The van der Waals surface area contributed by atoms with E-state index in [0.29, 0.717) is 0 Å². The topological polar surface area (TPSA) is 55.1 Å². The number of rotatable bonds is 2. The molecule has 0 aliphatic rings. The van der Waals surface area contributed by atoms with E-state index in [9.17, 15) is 4.79 Å². The number of primary amides is 1. The van der Waals surface area contributed by atoms with Gasteiger partial charge in [-0.15, -0.1) is 0 Å². The highest BCUT2D eigenvalue weighted by atomic mass is 35.5. The van der Waals surface area contributed by atoms with E-state index in [1.54, 1.807) is 0 Å². The summed E-state index contributed by atoms with van der Waals surface area (Å²) in [5.74, 6) is 0. The van der Waals surface area contributed by atoms with Gasteiger partial charge in [0, 0.05) is 0 Å². The number of urea groups is 1. The van der Waals surface area contributed by atoms with Crippen molar-refractivity contribution in [1.29, 1.82) is 0 Å². The number of benzene rings is 1. The van der Waals surface area contributed by atoms with E-state index in [1.165, 1.54) is 0 Å². The highest BCUT2D eigenvalue weighted by molar-refractivity contribution is 6.21. The van der Waals surface area contributed by atoms with Crippen LogP contribution in [0.5, 0.6) is 0 Å². The van der Waals surface area contributed by atoms with Crippen LogP contribution >= 0.6 is 11.6 Å². The Hall–Kier alpha value is -1.22. The van der Waals surface area contributed by atoms with Crippen molar-refractivity contribution in [2.24, 2.45) is 5.73 Å². The van der Waals surface area contributed by atoms with E-state index < -0.39 is 11.5 Å². The molecule has 0 saturated carbocycles. The van der Waals surface area contributed by atoms with Gasteiger partial charge >= 0.3 is 6.03 Å². The van der Waals surface area contributed by atoms with Crippen molar-refractivity contribution in [3.8, 4) is 0 Å². The predicted octanol–water partition coefficient (Wildman–Crippen LogP) is 1.59. The Morgan fingerprint density at radius 3 is 2.50 bits per heavy atom. The molecule has 0 spiro atoms. The third kappa shape index (κ3) is 2.43. The molecule has 0 aliphatic carbocycles. The van der Waals surface area contributed by atoms with Gasteiger partial charge in [0.2, 0.25) is 0 Å². The molecule has 0 saturated heterocycles. The van der Waals surface area contributed by atoms with Crippen LogP contribution in [-0.2, 0) is 0 Å². The molecule has 64 valence electrons. The summed E-state index contributed by atoms with van der Waals surface area (Å²) in [5.41, 5.74) is 5.16. The molecule has 0 bridgehead atoms. The Balaban J connectivity index is 2.65. The van der Waals surface area contributed by atoms with Gasteiger partial charge in [0.25, 0.3) is 0 Å². The fourth-order valence-corrected chi connectivity index (χ4v) is 1.08. The lowest BCUT2D eigenvalue weighted by Crippen LogP contribution is -2.30. The summed E-state index contributed by atoms with van der Waals surface area (Å²) in [6.07, 6.45) is 0. The smallest absolute Gasteiger partial charge is 0.313 e. The monoisotopic (exact) mass is 184 g/mol. The maximum absolute atomic E-state index is 10.4. The average Bonchev–Trinajstić information content (AvgIpc) is 2.05. The standard InChI is InChI=1S/C8H9ClN2O/c9-7(11-8(10)12)6-4-2-1-3-5-6/h1-5,7H,(H3,10,11,12). The molecule has 0 radical (unpaired) electrons. The Bertz CT molecular complexity index is 263. The molecule has 2 amide bonds. The molecule has 1 rings (SSSR count). The van der Waals surface area contributed by atoms with Gasteiger partial charge in [-0.1, -0.05) is 41.9 Å². The lowest BCUT2D eigenvalue weighted by atomic mass is 10.2. The number of carbonyl (C=O) groups is 1. The summed E-state index contributed by atoms with van der Waals surface area (Å²) >= 11 is 5.79. The fourth-order valence-electron chi connectivity index (χ4n) is 0.830. The van der Waals surface area contributed by atoms with Gasteiger partial charge in [-0.25, -0.2) is 4.79 Å². The van der Waals surface area contributed by atoms with Gasteiger partial charge in [-0.05, 0) is 5.56 Å². The Kier molecular flexibility index (Phi) is 2.94. The highest BCUT2D eigenvalue weighted by Crippen LogP contribution is 2.15. The van der Waals surface area contributed by atoms with Crippen LogP contribution in [-0.4, -0.2) is 6.03 Å². The molecule has 0 aromatic heterocycles. The minimum Gasteiger partial charge on any atom is -0.352 e. The maximum Gasteiger partial charge on any atom is 0.313 e. The molecule has 0 heterocycles. The van der Waals surface area contributed by atoms with Crippen molar-refractivity contribution in [1.82, 2.24) is 5.32 Å². The molecule has 0 aliphatic heterocycles. The highest BCUT2D eigenvalue weighted by Gasteiger charge is 2.06. The number of amides is 2. The van der Waals surface area contributed by atoms with Crippen LogP contribution in [0.1, 0.15) is 11.1 Å². The second-order valence-electron chi connectivity index (χ2n) is 2.28. The van der Waals surface area contributed by atoms with Gasteiger partial charge in [-0.3, -0.25) is 0 Å². The van der Waals surface area contributed by atoms with Crippen LogP contribution in [0, 0.1) is 0 Å². The van der Waals surface area contributed by atoms with Gasteiger partial charge < -0.3 is 11.1 Å². The van der Waals surface area contributed by atoms with Gasteiger partial charge in [0.15, 0.2) is 0 Å². The molecule has 12 heavy (non-hydrogen) atoms. The molecule has 3 nitrogen and oxygen atoms in total. The molecule has 1 aromatic carbocycles. The number of alkyl halides is 1. The van der Waals surface area contributed by atoms with Crippen LogP contribution in [0.4, 0.5) is 4.79 Å². The summed E-state index contributed by atoms with van der Waals surface area (Å²) in [7, 11) is 0. The molecular formula is C8H9ClN2O. The lowest BCUT2D eigenvalue weighted by molar-refractivity contribution is 0.248. The second-order valence-corrected chi connectivity index (χ2v) is 2.72. The zero-order chi connectivity index (χ0) is 8.97. The first-order chi connectivity index (χ1) is 5.70. The van der Waals surface area contributed by atoms with E-state index in [-0.39, 0.29) is 0 Å². The van der Waals surface area contributed by atoms with Crippen LogP contribution in [0.15, 0.2) is 30.3 Å². The molecule has 3 N–H and O–H groups in total. The van der Waals surface area contributed by atoms with E-state index in [2.05, 4.69) is 5.32 Å². The molecule has 1 atom stereocenters. The first-order valence-electron chi connectivity index (χ1n) is 3.45. The summed E-state index contributed by atoms with van der Waals surface area (Å²) in [4.78, 5) is 10.4. The third-order valence-corrected chi connectivity index (χ3v) is 1.72. The van der Waals surface area contributed by atoms with Crippen molar-refractivity contribution >= 4 is 17.6 Å². The first-order valence-corrected chi connectivity index (χ1v) is 3.89. The summed E-state index contributed by atoms with van der Waals surface area (Å²) in [6.45, 7) is 0. The van der Waals surface area contributed by atoms with Gasteiger partial charge in [0.1, 0.15) is 5.50 Å². The number of halogens is 1. The number of nitrogens with one attached hydrogen (secondary N) is 1. The van der Waals surface area contributed by atoms with Crippen molar-refractivity contribution in [3.05, 3.63) is 35.9 Å². The lowest BCUT2D eigenvalue weighted by Gasteiger charge is -2.09. The van der Waals surface area contributed by atoms with Gasteiger partial charge in [-0.2, -0.15) is 0 Å².